The predicted molar refractivity (Wildman–Crippen MR) is 93.3 cm³/mol. The maximum Gasteiger partial charge on any atom is 0.263 e. The third kappa shape index (κ3) is 3.43. The van der Waals surface area contributed by atoms with Gasteiger partial charge in [-0.25, -0.2) is 4.98 Å². The highest BCUT2D eigenvalue weighted by atomic mass is 79.9. The van der Waals surface area contributed by atoms with Crippen LogP contribution >= 0.6 is 38.6 Å². The first-order valence-corrected chi connectivity index (χ1v) is 8.97. The predicted octanol–water partition coefficient (Wildman–Crippen LogP) is 4.27. The van der Waals surface area contributed by atoms with Gasteiger partial charge in [-0.15, -0.1) is 22.7 Å². The molecule has 0 aromatic carbocycles. The molecule has 0 spiro atoms. The van der Waals surface area contributed by atoms with Gasteiger partial charge in [-0.1, -0.05) is 6.07 Å². The SMILES string of the molecule is Cc1nc(-c2ccccn2)sc1C(=O)NCc1ccc(Br)s1. The molecule has 3 rings (SSSR count). The van der Waals surface area contributed by atoms with Gasteiger partial charge < -0.3 is 5.32 Å². The van der Waals surface area contributed by atoms with Crippen LogP contribution in [0.1, 0.15) is 20.2 Å². The third-order valence-corrected chi connectivity index (χ3v) is 5.74. The normalized spacial score (nSPS) is 10.6. The molecular formula is C15H12BrN3OS2. The fourth-order valence-electron chi connectivity index (χ4n) is 1.90. The van der Waals surface area contributed by atoms with E-state index in [-0.39, 0.29) is 5.91 Å². The van der Waals surface area contributed by atoms with Crippen molar-refractivity contribution in [1.82, 2.24) is 15.3 Å². The molecule has 0 bridgehead atoms. The first kappa shape index (κ1) is 15.3. The lowest BCUT2D eigenvalue weighted by Gasteiger charge is -2.01. The molecule has 0 aliphatic heterocycles. The number of thiophene rings is 1. The lowest BCUT2D eigenvalue weighted by Crippen LogP contribution is -2.22. The van der Waals surface area contributed by atoms with E-state index in [9.17, 15) is 4.79 Å². The number of nitrogens with one attached hydrogen (secondary N) is 1. The molecule has 22 heavy (non-hydrogen) atoms. The fraction of sp³-hybridized carbons (Fsp3) is 0.133. The van der Waals surface area contributed by atoms with Crippen molar-refractivity contribution in [2.75, 3.05) is 0 Å². The van der Waals surface area contributed by atoms with Crippen molar-refractivity contribution in [3.63, 3.8) is 0 Å². The molecule has 4 nitrogen and oxygen atoms in total. The molecule has 0 unspecified atom stereocenters. The van der Waals surface area contributed by atoms with Crippen LogP contribution < -0.4 is 5.32 Å². The lowest BCUT2D eigenvalue weighted by molar-refractivity contribution is 0.0954. The first-order chi connectivity index (χ1) is 10.6. The van der Waals surface area contributed by atoms with Crippen LogP contribution in [0.5, 0.6) is 0 Å². The Kier molecular flexibility index (Phi) is 4.66. The van der Waals surface area contributed by atoms with Crippen LogP contribution in [0.2, 0.25) is 0 Å². The fourth-order valence-corrected chi connectivity index (χ4v) is 4.28. The van der Waals surface area contributed by atoms with Crippen molar-refractivity contribution >= 4 is 44.5 Å². The summed E-state index contributed by atoms with van der Waals surface area (Å²) in [6.45, 7) is 2.37. The van der Waals surface area contributed by atoms with E-state index in [2.05, 4.69) is 31.2 Å². The monoisotopic (exact) mass is 393 g/mol. The quantitative estimate of drug-likeness (QED) is 0.719. The number of carbonyl (C=O) groups is 1. The molecule has 0 aliphatic carbocycles. The van der Waals surface area contributed by atoms with Crippen LogP contribution in [0.25, 0.3) is 10.7 Å². The zero-order valence-corrected chi connectivity index (χ0v) is 14.9. The highest BCUT2D eigenvalue weighted by Gasteiger charge is 2.16. The Hall–Kier alpha value is -1.57. The highest BCUT2D eigenvalue weighted by molar-refractivity contribution is 9.11. The second-order valence-corrected chi connectivity index (χ2v) is 8.08. The zero-order valence-electron chi connectivity index (χ0n) is 11.7. The highest BCUT2D eigenvalue weighted by Crippen LogP contribution is 2.26. The minimum atomic E-state index is -0.0956. The number of thiazole rings is 1. The van der Waals surface area contributed by atoms with Crippen molar-refractivity contribution in [2.24, 2.45) is 0 Å². The van der Waals surface area contributed by atoms with E-state index >= 15 is 0 Å². The van der Waals surface area contributed by atoms with Crippen LogP contribution in [0.4, 0.5) is 0 Å². The summed E-state index contributed by atoms with van der Waals surface area (Å²) in [6.07, 6.45) is 1.72. The molecule has 0 saturated heterocycles. The van der Waals surface area contributed by atoms with E-state index in [0.717, 1.165) is 25.1 Å². The van der Waals surface area contributed by atoms with Gasteiger partial charge in [0.05, 0.1) is 21.7 Å². The molecule has 3 aromatic rings. The summed E-state index contributed by atoms with van der Waals surface area (Å²) in [5.41, 5.74) is 1.52. The van der Waals surface area contributed by atoms with Gasteiger partial charge in [-0.05, 0) is 47.1 Å². The average Bonchev–Trinajstić information content (AvgIpc) is 3.12. The molecule has 0 atom stereocenters. The van der Waals surface area contributed by atoms with Crippen LogP contribution in [0.15, 0.2) is 40.3 Å². The van der Waals surface area contributed by atoms with Crippen molar-refractivity contribution in [1.29, 1.82) is 0 Å². The molecule has 3 aromatic heterocycles. The maximum atomic E-state index is 12.3. The number of hydrogen-bond donors (Lipinski definition) is 1. The van der Waals surface area contributed by atoms with Gasteiger partial charge in [-0.2, -0.15) is 0 Å². The Bertz CT molecular complexity index is 798. The summed E-state index contributed by atoms with van der Waals surface area (Å²) >= 11 is 6.40. The third-order valence-electron chi connectivity index (χ3n) is 2.94. The zero-order chi connectivity index (χ0) is 15.5. The van der Waals surface area contributed by atoms with Gasteiger partial charge in [-0.3, -0.25) is 9.78 Å². The molecule has 112 valence electrons. The topological polar surface area (TPSA) is 54.9 Å². The van der Waals surface area contributed by atoms with Crippen molar-refractivity contribution in [2.45, 2.75) is 13.5 Å². The van der Waals surface area contributed by atoms with Gasteiger partial charge in [0.1, 0.15) is 9.88 Å². The van der Waals surface area contributed by atoms with Gasteiger partial charge in [0.2, 0.25) is 0 Å². The minimum Gasteiger partial charge on any atom is -0.346 e. The standard InChI is InChI=1S/C15H12BrN3OS2/c1-9-13(14(20)18-8-10-5-6-12(16)21-10)22-15(19-9)11-4-2-3-7-17-11/h2-7H,8H2,1H3,(H,18,20). The number of carbonyl (C=O) groups excluding carboxylic acids is 1. The first-order valence-electron chi connectivity index (χ1n) is 6.55. The van der Waals surface area contributed by atoms with Crippen LogP contribution in [0, 0.1) is 6.92 Å². The Balaban J connectivity index is 1.74. The van der Waals surface area contributed by atoms with Crippen molar-refractivity contribution < 1.29 is 4.79 Å². The summed E-state index contributed by atoms with van der Waals surface area (Å²) in [4.78, 5) is 22.8. The molecule has 3 heterocycles. The molecule has 0 fully saturated rings. The van der Waals surface area contributed by atoms with Gasteiger partial charge in [0.25, 0.3) is 5.91 Å². The number of aryl methyl sites for hydroxylation is 1. The molecule has 0 radical (unpaired) electrons. The Morgan fingerprint density at radius 1 is 1.27 bits per heavy atom. The molecule has 0 aliphatic rings. The van der Waals surface area contributed by atoms with Gasteiger partial charge in [0.15, 0.2) is 0 Å². The van der Waals surface area contributed by atoms with Crippen molar-refractivity contribution in [3.8, 4) is 10.7 Å². The average molecular weight is 394 g/mol. The number of nitrogens with zero attached hydrogens (tertiary/aromatic N) is 2. The summed E-state index contributed by atoms with van der Waals surface area (Å²) < 4.78 is 1.06. The van der Waals surface area contributed by atoms with E-state index in [0.29, 0.717) is 11.4 Å². The number of hydrogen-bond acceptors (Lipinski definition) is 5. The smallest absolute Gasteiger partial charge is 0.263 e. The maximum absolute atomic E-state index is 12.3. The number of rotatable bonds is 4. The number of amides is 1. The van der Waals surface area contributed by atoms with Crippen LogP contribution in [-0.4, -0.2) is 15.9 Å². The largest absolute Gasteiger partial charge is 0.346 e. The molecule has 7 heteroatoms. The Morgan fingerprint density at radius 3 is 2.82 bits per heavy atom. The van der Waals surface area contributed by atoms with E-state index < -0.39 is 0 Å². The van der Waals surface area contributed by atoms with E-state index in [1.807, 2.05) is 37.3 Å². The molecule has 1 amide bonds. The van der Waals surface area contributed by atoms with Crippen LogP contribution in [0.3, 0.4) is 0 Å². The van der Waals surface area contributed by atoms with E-state index in [4.69, 9.17) is 0 Å². The summed E-state index contributed by atoms with van der Waals surface area (Å²) in [6, 6.07) is 9.63. The summed E-state index contributed by atoms with van der Waals surface area (Å²) in [5.74, 6) is -0.0956. The van der Waals surface area contributed by atoms with E-state index in [1.165, 1.54) is 11.3 Å². The minimum absolute atomic E-state index is 0.0956. The summed E-state index contributed by atoms with van der Waals surface area (Å²) in [5, 5.41) is 3.70. The number of pyridine rings is 1. The van der Waals surface area contributed by atoms with Crippen LogP contribution in [-0.2, 0) is 6.54 Å². The number of aromatic nitrogens is 2. The Morgan fingerprint density at radius 2 is 2.14 bits per heavy atom. The molecule has 1 N–H and O–H groups in total. The number of halogens is 1. The summed E-state index contributed by atoms with van der Waals surface area (Å²) in [7, 11) is 0. The second kappa shape index (κ2) is 6.68. The van der Waals surface area contributed by atoms with E-state index in [1.54, 1.807) is 17.5 Å². The second-order valence-electron chi connectivity index (χ2n) is 4.54. The molecule has 0 saturated carbocycles. The van der Waals surface area contributed by atoms with Gasteiger partial charge >= 0.3 is 0 Å². The van der Waals surface area contributed by atoms with Crippen molar-refractivity contribution in [3.05, 3.63) is 55.8 Å². The van der Waals surface area contributed by atoms with Gasteiger partial charge in [0, 0.05) is 11.1 Å². The molecular weight excluding hydrogens is 382 g/mol. The Labute approximate surface area is 144 Å². The lowest BCUT2D eigenvalue weighted by atomic mass is 10.3.